The standard InChI is InChI=1S/C14H22N2O3S/c1-9-7-11(19-3)8-10(2)14(9)20(17,18)16-13-6-4-5-12(13)15/h7-8,12-13,16H,4-6,15H2,1-3H3. The summed E-state index contributed by atoms with van der Waals surface area (Å²) in [6.45, 7) is 3.55. The van der Waals surface area contributed by atoms with Gasteiger partial charge in [0.05, 0.1) is 12.0 Å². The minimum Gasteiger partial charge on any atom is -0.497 e. The van der Waals surface area contributed by atoms with Crippen LogP contribution in [-0.4, -0.2) is 27.6 Å². The maximum Gasteiger partial charge on any atom is 0.241 e. The third-order valence-corrected chi connectivity index (χ3v) is 5.61. The SMILES string of the molecule is COc1cc(C)c(S(=O)(=O)NC2CCCC2N)c(C)c1. The summed E-state index contributed by atoms with van der Waals surface area (Å²) < 4.78 is 33.0. The van der Waals surface area contributed by atoms with E-state index in [0.717, 1.165) is 19.3 Å². The minimum absolute atomic E-state index is 0.0939. The first-order valence-corrected chi connectivity index (χ1v) is 8.26. The van der Waals surface area contributed by atoms with Gasteiger partial charge in [-0.15, -0.1) is 0 Å². The molecule has 0 aromatic heterocycles. The van der Waals surface area contributed by atoms with Crippen LogP contribution in [0.15, 0.2) is 17.0 Å². The number of aryl methyl sites for hydroxylation is 2. The van der Waals surface area contributed by atoms with E-state index in [9.17, 15) is 8.42 Å². The summed E-state index contributed by atoms with van der Waals surface area (Å²) in [5.41, 5.74) is 7.30. The summed E-state index contributed by atoms with van der Waals surface area (Å²) in [5.74, 6) is 0.663. The molecular weight excluding hydrogens is 276 g/mol. The van der Waals surface area contributed by atoms with E-state index in [1.54, 1.807) is 33.1 Å². The average Bonchev–Trinajstić information content (AvgIpc) is 2.72. The molecule has 1 aliphatic rings. The maximum absolute atomic E-state index is 12.6. The van der Waals surface area contributed by atoms with Gasteiger partial charge in [-0.3, -0.25) is 0 Å². The Hall–Kier alpha value is -1.11. The van der Waals surface area contributed by atoms with E-state index < -0.39 is 10.0 Å². The number of benzene rings is 1. The van der Waals surface area contributed by atoms with Gasteiger partial charge in [-0.1, -0.05) is 6.42 Å². The van der Waals surface area contributed by atoms with Crippen molar-refractivity contribution in [3.63, 3.8) is 0 Å². The summed E-state index contributed by atoms with van der Waals surface area (Å²) >= 11 is 0. The molecule has 2 unspecified atom stereocenters. The van der Waals surface area contributed by atoms with E-state index in [0.29, 0.717) is 21.8 Å². The molecule has 1 saturated carbocycles. The third kappa shape index (κ3) is 2.97. The van der Waals surface area contributed by atoms with Crippen LogP contribution >= 0.6 is 0 Å². The first-order valence-electron chi connectivity index (χ1n) is 6.78. The number of sulfonamides is 1. The monoisotopic (exact) mass is 298 g/mol. The van der Waals surface area contributed by atoms with Gasteiger partial charge in [0.2, 0.25) is 10.0 Å². The fraction of sp³-hybridized carbons (Fsp3) is 0.571. The van der Waals surface area contributed by atoms with E-state index in [2.05, 4.69) is 4.72 Å². The molecule has 0 saturated heterocycles. The highest BCUT2D eigenvalue weighted by Gasteiger charge is 2.30. The molecule has 112 valence electrons. The van der Waals surface area contributed by atoms with Gasteiger partial charge in [0, 0.05) is 12.1 Å². The molecule has 2 atom stereocenters. The second kappa shape index (κ2) is 5.71. The second-order valence-electron chi connectivity index (χ2n) is 5.41. The van der Waals surface area contributed by atoms with Gasteiger partial charge in [0.15, 0.2) is 0 Å². The van der Waals surface area contributed by atoms with E-state index >= 15 is 0 Å². The smallest absolute Gasteiger partial charge is 0.241 e. The normalized spacial score (nSPS) is 23.0. The van der Waals surface area contributed by atoms with Gasteiger partial charge in [0.25, 0.3) is 0 Å². The molecule has 0 bridgehead atoms. The molecule has 1 aromatic rings. The molecule has 0 aliphatic heterocycles. The van der Waals surface area contributed by atoms with Crippen LogP contribution in [0, 0.1) is 13.8 Å². The predicted molar refractivity (Wildman–Crippen MR) is 78.4 cm³/mol. The number of ether oxygens (including phenoxy) is 1. The van der Waals surface area contributed by atoms with Gasteiger partial charge in [0.1, 0.15) is 5.75 Å². The molecule has 2 rings (SSSR count). The molecule has 20 heavy (non-hydrogen) atoms. The maximum atomic E-state index is 12.6. The highest BCUT2D eigenvalue weighted by molar-refractivity contribution is 7.89. The Morgan fingerprint density at radius 1 is 1.25 bits per heavy atom. The highest BCUT2D eigenvalue weighted by Crippen LogP contribution is 2.27. The van der Waals surface area contributed by atoms with E-state index in [1.165, 1.54) is 0 Å². The van der Waals surface area contributed by atoms with Crippen LogP contribution in [0.2, 0.25) is 0 Å². The highest BCUT2D eigenvalue weighted by atomic mass is 32.2. The summed E-state index contributed by atoms with van der Waals surface area (Å²) in [6, 6.07) is 3.20. The van der Waals surface area contributed by atoms with Crippen molar-refractivity contribution in [3.8, 4) is 5.75 Å². The van der Waals surface area contributed by atoms with Crippen molar-refractivity contribution in [3.05, 3.63) is 23.3 Å². The van der Waals surface area contributed by atoms with Crippen molar-refractivity contribution in [2.24, 2.45) is 5.73 Å². The first kappa shape index (κ1) is 15.3. The molecule has 0 spiro atoms. The van der Waals surface area contributed by atoms with Crippen LogP contribution in [0.3, 0.4) is 0 Å². The number of nitrogens with one attached hydrogen (secondary N) is 1. The molecule has 1 aromatic carbocycles. The number of methoxy groups -OCH3 is 1. The lowest BCUT2D eigenvalue weighted by Crippen LogP contribution is -2.44. The van der Waals surface area contributed by atoms with Crippen LogP contribution < -0.4 is 15.2 Å². The van der Waals surface area contributed by atoms with Gasteiger partial charge in [-0.05, 0) is 49.9 Å². The summed E-state index contributed by atoms with van der Waals surface area (Å²) in [6.07, 6.45) is 2.64. The fourth-order valence-electron chi connectivity index (χ4n) is 2.85. The number of rotatable bonds is 4. The van der Waals surface area contributed by atoms with Crippen molar-refractivity contribution in [2.75, 3.05) is 7.11 Å². The lowest BCUT2D eigenvalue weighted by molar-refractivity contribution is 0.413. The van der Waals surface area contributed by atoms with E-state index in [-0.39, 0.29) is 12.1 Å². The molecule has 0 radical (unpaired) electrons. The topological polar surface area (TPSA) is 81.4 Å². The Labute approximate surface area is 120 Å². The minimum atomic E-state index is -3.55. The fourth-order valence-corrected chi connectivity index (χ4v) is 4.62. The number of hydrogen-bond acceptors (Lipinski definition) is 4. The average molecular weight is 298 g/mol. The summed E-state index contributed by atoms with van der Waals surface area (Å²) in [4.78, 5) is 0.331. The van der Waals surface area contributed by atoms with Gasteiger partial charge in [-0.2, -0.15) is 0 Å². The third-order valence-electron chi connectivity index (χ3n) is 3.81. The van der Waals surface area contributed by atoms with Crippen molar-refractivity contribution >= 4 is 10.0 Å². The Bertz CT molecular complexity index is 575. The van der Waals surface area contributed by atoms with Crippen LogP contribution in [0.5, 0.6) is 5.75 Å². The molecule has 0 amide bonds. The molecule has 5 nitrogen and oxygen atoms in total. The summed E-state index contributed by atoms with van der Waals surface area (Å²) in [7, 11) is -1.98. The Morgan fingerprint density at radius 3 is 2.30 bits per heavy atom. The van der Waals surface area contributed by atoms with Crippen molar-refractivity contribution in [1.82, 2.24) is 4.72 Å². The van der Waals surface area contributed by atoms with E-state index in [4.69, 9.17) is 10.5 Å². The predicted octanol–water partition coefficient (Wildman–Crippen LogP) is 1.47. The molecule has 6 heteroatoms. The van der Waals surface area contributed by atoms with Gasteiger partial charge < -0.3 is 10.5 Å². The van der Waals surface area contributed by atoms with E-state index in [1.807, 2.05) is 0 Å². The van der Waals surface area contributed by atoms with Crippen molar-refractivity contribution in [1.29, 1.82) is 0 Å². The Morgan fingerprint density at radius 2 is 1.85 bits per heavy atom. The summed E-state index contributed by atoms with van der Waals surface area (Å²) in [5, 5.41) is 0. The number of nitrogens with two attached hydrogens (primary N) is 1. The zero-order valence-corrected chi connectivity index (χ0v) is 13.0. The van der Waals surface area contributed by atoms with Gasteiger partial charge >= 0.3 is 0 Å². The van der Waals surface area contributed by atoms with Crippen LogP contribution in [0.1, 0.15) is 30.4 Å². The second-order valence-corrected chi connectivity index (χ2v) is 7.06. The zero-order valence-electron chi connectivity index (χ0n) is 12.1. The van der Waals surface area contributed by atoms with Crippen LogP contribution in [0.4, 0.5) is 0 Å². The molecule has 1 fully saturated rings. The van der Waals surface area contributed by atoms with Crippen LogP contribution in [-0.2, 0) is 10.0 Å². The molecule has 1 aliphatic carbocycles. The van der Waals surface area contributed by atoms with Crippen LogP contribution in [0.25, 0.3) is 0 Å². The van der Waals surface area contributed by atoms with Crippen molar-refractivity contribution in [2.45, 2.75) is 50.1 Å². The largest absolute Gasteiger partial charge is 0.497 e. The molecule has 0 heterocycles. The van der Waals surface area contributed by atoms with Gasteiger partial charge in [-0.25, -0.2) is 13.1 Å². The quantitative estimate of drug-likeness (QED) is 0.882. The number of hydrogen-bond donors (Lipinski definition) is 2. The Kier molecular flexibility index (Phi) is 4.36. The zero-order chi connectivity index (χ0) is 14.9. The Balaban J connectivity index is 2.34. The lowest BCUT2D eigenvalue weighted by Gasteiger charge is -2.19. The molecule has 3 N–H and O–H groups in total. The first-order chi connectivity index (χ1) is 9.35. The van der Waals surface area contributed by atoms with Crippen molar-refractivity contribution < 1.29 is 13.2 Å². The molecular formula is C14H22N2O3S. The lowest BCUT2D eigenvalue weighted by atomic mass is 10.1.